The number of carbonyl (C=O) groups excluding carboxylic acids is 2. The zero-order valence-electron chi connectivity index (χ0n) is 16.4. The standard InChI is InChI=1S/C18H36N4O3S2/c1-12(23)20-8-4-3-5-15(21-11-25-2)18(24)22-14-6-7-16(26)17(27)10-13(19)9-14/h13-17,21,26-27H,3-11,19H2,1-2H3,(H,20,23)(H,22,24)/t13?,14?,15-,16?,17?/m0/s1. The fourth-order valence-corrected chi connectivity index (χ4v) is 3.98. The third kappa shape index (κ3) is 10.6. The summed E-state index contributed by atoms with van der Waals surface area (Å²) >= 11 is 9.19. The van der Waals surface area contributed by atoms with E-state index >= 15 is 0 Å². The van der Waals surface area contributed by atoms with Crippen molar-refractivity contribution in [3.05, 3.63) is 0 Å². The van der Waals surface area contributed by atoms with Gasteiger partial charge in [-0.2, -0.15) is 25.3 Å². The van der Waals surface area contributed by atoms with Crippen LogP contribution in [0.2, 0.25) is 0 Å². The zero-order valence-corrected chi connectivity index (χ0v) is 18.2. The average Bonchev–Trinajstić information content (AvgIpc) is 2.60. The minimum Gasteiger partial charge on any atom is -0.370 e. The Morgan fingerprint density at radius 2 is 1.93 bits per heavy atom. The van der Waals surface area contributed by atoms with Crippen LogP contribution in [0.5, 0.6) is 0 Å². The SMILES string of the molecule is COCN[C@@H](CCCCNC(C)=O)C(=O)NC1CCC(S)C(S)CC(N)C1. The molecule has 2 amide bonds. The van der Waals surface area contributed by atoms with Crippen LogP contribution in [0, 0.1) is 0 Å². The van der Waals surface area contributed by atoms with Gasteiger partial charge in [0.25, 0.3) is 0 Å². The Hall–Kier alpha value is -0.480. The molecule has 1 saturated carbocycles. The molecule has 4 unspecified atom stereocenters. The first-order valence-electron chi connectivity index (χ1n) is 9.72. The summed E-state index contributed by atoms with van der Waals surface area (Å²) < 4.78 is 5.06. The van der Waals surface area contributed by atoms with Crippen LogP contribution in [-0.4, -0.2) is 60.8 Å². The number of methoxy groups -OCH3 is 1. The average molecular weight is 421 g/mol. The molecule has 9 heteroatoms. The Kier molecular flexibility index (Phi) is 12.4. The lowest BCUT2D eigenvalue weighted by molar-refractivity contribution is -0.124. The van der Waals surface area contributed by atoms with Crippen molar-refractivity contribution >= 4 is 37.1 Å². The van der Waals surface area contributed by atoms with Crippen LogP contribution in [0.3, 0.4) is 0 Å². The third-order valence-corrected chi connectivity index (χ3v) is 6.24. The van der Waals surface area contributed by atoms with Gasteiger partial charge >= 0.3 is 0 Å². The van der Waals surface area contributed by atoms with E-state index in [4.69, 9.17) is 10.5 Å². The molecule has 1 fully saturated rings. The summed E-state index contributed by atoms with van der Waals surface area (Å²) in [6.07, 6.45) is 5.66. The minimum absolute atomic E-state index is 0.00999. The normalized spacial score (nSPS) is 27.3. The minimum atomic E-state index is -0.326. The lowest BCUT2D eigenvalue weighted by atomic mass is 9.92. The van der Waals surface area contributed by atoms with E-state index < -0.39 is 0 Å². The predicted octanol–water partition coefficient (Wildman–Crippen LogP) is 0.838. The van der Waals surface area contributed by atoms with Gasteiger partial charge in [-0.05, 0) is 44.9 Å². The van der Waals surface area contributed by atoms with E-state index in [-0.39, 0.29) is 40.4 Å². The number of nitrogens with one attached hydrogen (secondary N) is 3. The second kappa shape index (κ2) is 13.7. The summed E-state index contributed by atoms with van der Waals surface area (Å²) in [6, 6.07) is -0.265. The van der Waals surface area contributed by atoms with Gasteiger partial charge in [0.15, 0.2) is 0 Å². The van der Waals surface area contributed by atoms with Crippen LogP contribution in [0.4, 0.5) is 0 Å². The lowest BCUT2D eigenvalue weighted by Crippen LogP contribution is -2.50. The number of thiol groups is 2. The molecule has 0 saturated heterocycles. The molecular weight excluding hydrogens is 384 g/mol. The molecule has 0 heterocycles. The van der Waals surface area contributed by atoms with E-state index in [0.29, 0.717) is 19.7 Å². The second-order valence-corrected chi connectivity index (χ2v) is 8.64. The summed E-state index contributed by atoms with van der Waals surface area (Å²) in [5.74, 6) is -0.0594. The highest BCUT2D eigenvalue weighted by molar-refractivity contribution is 7.85. The smallest absolute Gasteiger partial charge is 0.237 e. The van der Waals surface area contributed by atoms with Gasteiger partial charge in [0.2, 0.25) is 11.8 Å². The van der Waals surface area contributed by atoms with Crippen LogP contribution in [0.15, 0.2) is 0 Å². The van der Waals surface area contributed by atoms with E-state index in [9.17, 15) is 9.59 Å². The number of amides is 2. The monoisotopic (exact) mass is 420 g/mol. The molecule has 0 spiro atoms. The molecule has 158 valence electrons. The van der Waals surface area contributed by atoms with E-state index in [1.165, 1.54) is 6.92 Å². The number of rotatable bonds is 10. The maximum Gasteiger partial charge on any atom is 0.237 e. The summed E-state index contributed by atoms with van der Waals surface area (Å²) in [5.41, 5.74) is 6.21. The highest BCUT2D eigenvalue weighted by Crippen LogP contribution is 2.25. The summed E-state index contributed by atoms with van der Waals surface area (Å²) in [5, 5.41) is 9.44. The first kappa shape index (κ1) is 24.6. The van der Waals surface area contributed by atoms with Crippen LogP contribution in [-0.2, 0) is 14.3 Å². The van der Waals surface area contributed by atoms with Crippen molar-refractivity contribution in [2.24, 2.45) is 5.73 Å². The Balaban J connectivity index is 2.51. The van der Waals surface area contributed by atoms with Crippen molar-refractivity contribution in [3.63, 3.8) is 0 Å². The van der Waals surface area contributed by atoms with Crippen molar-refractivity contribution in [2.75, 3.05) is 20.4 Å². The molecule has 0 aromatic carbocycles. The molecule has 0 bridgehead atoms. The molecule has 0 aromatic rings. The van der Waals surface area contributed by atoms with Crippen molar-refractivity contribution in [2.45, 2.75) is 80.5 Å². The second-order valence-electron chi connectivity index (χ2n) is 7.32. The summed E-state index contributed by atoms with van der Waals surface area (Å²) in [4.78, 5) is 23.7. The van der Waals surface area contributed by atoms with Gasteiger partial charge < -0.3 is 21.1 Å². The Morgan fingerprint density at radius 3 is 2.59 bits per heavy atom. The summed E-state index contributed by atoms with van der Waals surface area (Å²) in [7, 11) is 1.59. The Labute approximate surface area is 174 Å². The number of nitrogens with two attached hydrogens (primary N) is 1. The molecule has 5 atom stereocenters. The van der Waals surface area contributed by atoms with E-state index in [1.807, 2.05) is 0 Å². The first-order chi connectivity index (χ1) is 12.8. The van der Waals surface area contributed by atoms with Gasteiger partial charge in [-0.1, -0.05) is 0 Å². The molecule has 5 N–H and O–H groups in total. The number of hydrogen-bond acceptors (Lipinski definition) is 7. The fourth-order valence-electron chi connectivity index (χ4n) is 3.29. The highest BCUT2D eigenvalue weighted by atomic mass is 32.1. The zero-order chi connectivity index (χ0) is 20.2. The third-order valence-electron chi connectivity index (χ3n) is 4.82. The number of ether oxygens (including phenoxy) is 1. The summed E-state index contributed by atoms with van der Waals surface area (Å²) in [6.45, 7) is 2.44. The Bertz CT molecular complexity index is 456. The molecule has 27 heavy (non-hydrogen) atoms. The number of hydrogen-bond donors (Lipinski definition) is 6. The van der Waals surface area contributed by atoms with Gasteiger partial charge in [-0.15, -0.1) is 0 Å². The van der Waals surface area contributed by atoms with Crippen LogP contribution in [0.1, 0.15) is 51.9 Å². The van der Waals surface area contributed by atoms with Gasteiger partial charge in [0, 0.05) is 43.2 Å². The largest absolute Gasteiger partial charge is 0.370 e. The molecule has 1 aliphatic carbocycles. The predicted molar refractivity (Wildman–Crippen MR) is 115 cm³/mol. The fraction of sp³-hybridized carbons (Fsp3) is 0.889. The molecule has 7 nitrogen and oxygen atoms in total. The molecule has 1 rings (SSSR count). The van der Waals surface area contributed by atoms with Crippen LogP contribution < -0.4 is 21.7 Å². The molecule has 0 aromatic heterocycles. The van der Waals surface area contributed by atoms with Crippen molar-refractivity contribution in [1.29, 1.82) is 0 Å². The van der Waals surface area contributed by atoms with Gasteiger partial charge in [0.1, 0.15) is 0 Å². The van der Waals surface area contributed by atoms with Crippen molar-refractivity contribution in [3.8, 4) is 0 Å². The maximum absolute atomic E-state index is 12.8. The van der Waals surface area contributed by atoms with Gasteiger partial charge in [-0.3, -0.25) is 14.9 Å². The van der Waals surface area contributed by atoms with Gasteiger partial charge in [0.05, 0.1) is 12.8 Å². The lowest BCUT2D eigenvalue weighted by Gasteiger charge is -2.31. The topological polar surface area (TPSA) is 105 Å². The van der Waals surface area contributed by atoms with Crippen molar-refractivity contribution in [1.82, 2.24) is 16.0 Å². The number of carbonyl (C=O) groups is 2. The Morgan fingerprint density at radius 1 is 1.19 bits per heavy atom. The quantitative estimate of drug-likeness (QED) is 0.178. The van der Waals surface area contributed by atoms with E-state index in [2.05, 4.69) is 41.2 Å². The molecular formula is C18H36N4O3S2. The van der Waals surface area contributed by atoms with Crippen LogP contribution >= 0.6 is 25.3 Å². The molecule has 0 aliphatic heterocycles. The first-order valence-corrected chi connectivity index (χ1v) is 10.8. The van der Waals surface area contributed by atoms with Crippen molar-refractivity contribution < 1.29 is 14.3 Å². The highest BCUT2D eigenvalue weighted by Gasteiger charge is 2.27. The molecule has 1 aliphatic rings. The van der Waals surface area contributed by atoms with E-state index in [1.54, 1.807) is 7.11 Å². The molecule has 0 radical (unpaired) electrons. The number of unbranched alkanes of at least 4 members (excludes halogenated alkanes) is 1. The van der Waals surface area contributed by atoms with E-state index in [0.717, 1.165) is 38.5 Å². The van der Waals surface area contributed by atoms with Gasteiger partial charge in [-0.25, -0.2) is 0 Å². The maximum atomic E-state index is 12.8. The van der Waals surface area contributed by atoms with Crippen LogP contribution in [0.25, 0.3) is 0 Å².